The maximum Gasteiger partial charge on any atom is 0.320 e. The molecule has 0 aliphatic heterocycles. The van der Waals surface area contributed by atoms with Crippen molar-refractivity contribution in [3.05, 3.63) is 64.2 Å². The van der Waals surface area contributed by atoms with E-state index in [4.69, 9.17) is 9.47 Å². The average Bonchev–Trinajstić information content (AvgIpc) is 2.65. The molecule has 0 aromatic heterocycles. The predicted molar refractivity (Wildman–Crippen MR) is 112 cm³/mol. The SMILES string of the molecule is COC(=O)C(C(=O)CC(O)CCOc1ccc(C)cc1)c1c(C)cc(C)cc1C. The van der Waals surface area contributed by atoms with E-state index in [0.717, 1.165) is 22.3 Å². The van der Waals surface area contributed by atoms with E-state index in [0.29, 0.717) is 17.7 Å². The third-order valence-corrected chi connectivity index (χ3v) is 4.96. The van der Waals surface area contributed by atoms with Crippen LogP contribution in [0, 0.1) is 27.7 Å². The molecule has 0 fully saturated rings. The second-order valence-corrected chi connectivity index (χ2v) is 7.54. The molecule has 2 atom stereocenters. The summed E-state index contributed by atoms with van der Waals surface area (Å²) in [5.74, 6) is -1.27. The fourth-order valence-electron chi connectivity index (χ4n) is 3.57. The zero-order valence-corrected chi connectivity index (χ0v) is 17.8. The Morgan fingerprint density at radius 3 is 2.10 bits per heavy atom. The summed E-state index contributed by atoms with van der Waals surface area (Å²) >= 11 is 0. The summed E-state index contributed by atoms with van der Waals surface area (Å²) in [5, 5.41) is 10.3. The Morgan fingerprint density at radius 2 is 1.55 bits per heavy atom. The fraction of sp³-hybridized carbons (Fsp3) is 0.417. The monoisotopic (exact) mass is 398 g/mol. The van der Waals surface area contributed by atoms with Gasteiger partial charge in [0.1, 0.15) is 11.7 Å². The molecule has 0 bridgehead atoms. The zero-order chi connectivity index (χ0) is 21.6. The number of hydrogen-bond acceptors (Lipinski definition) is 5. The Morgan fingerprint density at radius 1 is 0.966 bits per heavy atom. The van der Waals surface area contributed by atoms with Crippen molar-refractivity contribution in [2.75, 3.05) is 13.7 Å². The third kappa shape index (κ3) is 6.16. The third-order valence-electron chi connectivity index (χ3n) is 4.96. The molecule has 156 valence electrons. The van der Waals surface area contributed by atoms with E-state index in [2.05, 4.69) is 0 Å². The molecule has 5 heteroatoms. The number of ketones is 1. The number of rotatable bonds is 9. The van der Waals surface area contributed by atoms with Crippen molar-refractivity contribution in [2.24, 2.45) is 0 Å². The number of aryl methyl sites for hydroxylation is 4. The van der Waals surface area contributed by atoms with Crippen LogP contribution in [-0.4, -0.2) is 36.7 Å². The molecule has 0 saturated heterocycles. The molecule has 5 nitrogen and oxygen atoms in total. The maximum absolute atomic E-state index is 12.9. The first-order valence-electron chi connectivity index (χ1n) is 9.78. The van der Waals surface area contributed by atoms with Gasteiger partial charge >= 0.3 is 5.97 Å². The normalized spacial score (nSPS) is 12.9. The van der Waals surface area contributed by atoms with E-state index in [9.17, 15) is 14.7 Å². The van der Waals surface area contributed by atoms with E-state index >= 15 is 0 Å². The van der Waals surface area contributed by atoms with Crippen molar-refractivity contribution < 1.29 is 24.2 Å². The van der Waals surface area contributed by atoms with E-state index in [-0.39, 0.29) is 18.8 Å². The minimum atomic E-state index is -1.03. The van der Waals surface area contributed by atoms with Crippen LogP contribution in [0.2, 0.25) is 0 Å². The van der Waals surface area contributed by atoms with E-state index in [1.807, 2.05) is 64.1 Å². The Kier molecular flexibility index (Phi) is 7.97. The molecule has 1 N–H and O–H groups in total. The first kappa shape index (κ1) is 22.6. The number of esters is 1. The van der Waals surface area contributed by atoms with Gasteiger partial charge in [0.25, 0.3) is 0 Å². The number of carbonyl (C=O) groups excluding carboxylic acids is 2. The van der Waals surface area contributed by atoms with Crippen LogP contribution >= 0.6 is 0 Å². The van der Waals surface area contributed by atoms with E-state index in [1.54, 1.807) is 0 Å². The second kappa shape index (κ2) is 10.2. The van der Waals surface area contributed by atoms with Crippen LogP contribution in [0.3, 0.4) is 0 Å². The van der Waals surface area contributed by atoms with Gasteiger partial charge < -0.3 is 14.6 Å². The summed E-state index contributed by atoms with van der Waals surface area (Å²) in [4.78, 5) is 25.3. The van der Waals surface area contributed by atoms with Gasteiger partial charge in [-0.1, -0.05) is 35.4 Å². The Bertz CT molecular complexity index is 831. The van der Waals surface area contributed by atoms with Crippen LogP contribution in [-0.2, 0) is 14.3 Å². The van der Waals surface area contributed by atoms with Crippen LogP contribution in [0.25, 0.3) is 0 Å². The van der Waals surface area contributed by atoms with Crippen molar-refractivity contribution in [1.82, 2.24) is 0 Å². The van der Waals surface area contributed by atoms with Gasteiger partial charge in [-0.05, 0) is 56.5 Å². The zero-order valence-electron chi connectivity index (χ0n) is 17.8. The van der Waals surface area contributed by atoms with Gasteiger partial charge in [0, 0.05) is 12.8 Å². The molecule has 0 aliphatic carbocycles. The number of aliphatic hydroxyl groups is 1. The van der Waals surface area contributed by atoms with Crippen LogP contribution in [0.5, 0.6) is 5.75 Å². The van der Waals surface area contributed by atoms with Crippen LogP contribution in [0.1, 0.15) is 46.6 Å². The van der Waals surface area contributed by atoms with Crippen LogP contribution < -0.4 is 4.74 Å². The second-order valence-electron chi connectivity index (χ2n) is 7.54. The number of methoxy groups -OCH3 is 1. The molecule has 2 unspecified atom stereocenters. The lowest BCUT2D eigenvalue weighted by molar-refractivity contribution is -0.146. The van der Waals surface area contributed by atoms with Crippen LogP contribution in [0.4, 0.5) is 0 Å². The first-order chi connectivity index (χ1) is 13.7. The van der Waals surface area contributed by atoms with Gasteiger partial charge in [0.05, 0.1) is 19.8 Å². The molecular formula is C24H30O5. The smallest absolute Gasteiger partial charge is 0.320 e. The molecular weight excluding hydrogens is 368 g/mol. The molecule has 0 saturated carbocycles. The number of Topliss-reactive ketones (excluding diaryl/α,β-unsaturated/α-hetero) is 1. The standard InChI is InChI=1S/C24H30O5/c1-15-6-8-20(9-7-15)29-11-10-19(25)14-21(26)23(24(27)28-5)22-17(3)12-16(2)13-18(22)4/h6-9,12-13,19,23,25H,10-11,14H2,1-5H3. The largest absolute Gasteiger partial charge is 0.493 e. The van der Waals surface area contributed by atoms with Gasteiger partial charge in [-0.3, -0.25) is 9.59 Å². The summed E-state index contributed by atoms with van der Waals surface area (Å²) in [7, 11) is 1.27. The quantitative estimate of drug-likeness (QED) is 0.511. The molecule has 0 amide bonds. The Labute approximate surface area is 172 Å². The van der Waals surface area contributed by atoms with Gasteiger partial charge in [-0.15, -0.1) is 0 Å². The van der Waals surface area contributed by atoms with Gasteiger partial charge in [-0.2, -0.15) is 0 Å². The summed E-state index contributed by atoms with van der Waals surface area (Å²) in [6, 6.07) is 11.5. The number of benzene rings is 2. The number of hydrogen-bond donors (Lipinski definition) is 1. The Hall–Kier alpha value is -2.66. The topological polar surface area (TPSA) is 72.8 Å². The lowest BCUT2D eigenvalue weighted by atomic mass is 9.85. The molecule has 29 heavy (non-hydrogen) atoms. The summed E-state index contributed by atoms with van der Waals surface area (Å²) in [5.41, 5.74) is 4.59. The van der Waals surface area contributed by atoms with Crippen molar-refractivity contribution in [3.63, 3.8) is 0 Å². The minimum absolute atomic E-state index is 0.135. The minimum Gasteiger partial charge on any atom is -0.493 e. The maximum atomic E-state index is 12.9. The average molecular weight is 398 g/mol. The van der Waals surface area contributed by atoms with Crippen molar-refractivity contribution in [1.29, 1.82) is 0 Å². The van der Waals surface area contributed by atoms with Gasteiger partial charge in [-0.25, -0.2) is 0 Å². The molecule has 2 aromatic rings. The first-order valence-corrected chi connectivity index (χ1v) is 9.78. The van der Waals surface area contributed by atoms with Gasteiger partial charge in [0.2, 0.25) is 0 Å². The molecule has 0 spiro atoms. The predicted octanol–water partition coefficient (Wildman–Crippen LogP) is 3.97. The van der Waals surface area contributed by atoms with E-state index < -0.39 is 18.0 Å². The lowest BCUT2D eigenvalue weighted by Gasteiger charge is -2.21. The molecule has 2 aromatic carbocycles. The summed E-state index contributed by atoms with van der Waals surface area (Å²) < 4.78 is 10.5. The van der Waals surface area contributed by atoms with Crippen molar-refractivity contribution in [2.45, 2.75) is 52.6 Å². The fourth-order valence-corrected chi connectivity index (χ4v) is 3.57. The van der Waals surface area contributed by atoms with Gasteiger partial charge in [0.15, 0.2) is 5.78 Å². The van der Waals surface area contributed by atoms with Crippen molar-refractivity contribution >= 4 is 11.8 Å². The van der Waals surface area contributed by atoms with Crippen molar-refractivity contribution in [3.8, 4) is 5.75 Å². The molecule has 2 rings (SSSR count). The van der Waals surface area contributed by atoms with Crippen LogP contribution in [0.15, 0.2) is 36.4 Å². The number of ether oxygens (including phenoxy) is 2. The molecule has 0 aliphatic rings. The van der Waals surface area contributed by atoms with E-state index in [1.165, 1.54) is 7.11 Å². The number of carbonyl (C=O) groups is 2. The summed E-state index contributed by atoms with van der Waals surface area (Å²) in [6.45, 7) is 8.00. The Balaban J connectivity index is 2.04. The highest BCUT2D eigenvalue weighted by Crippen LogP contribution is 2.29. The summed E-state index contributed by atoms with van der Waals surface area (Å²) in [6.07, 6.45) is -0.741. The lowest BCUT2D eigenvalue weighted by Crippen LogP contribution is -2.28. The molecule has 0 heterocycles. The molecule has 0 radical (unpaired) electrons. The highest BCUT2D eigenvalue weighted by Gasteiger charge is 2.33. The highest BCUT2D eigenvalue weighted by molar-refractivity contribution is 6.05. The number of aliphatic hydroxyl groups excluding tert-OH is 1. The highest BCUT2D eigenvalue weighted by atomic mass is 16.5.